The zero-order valence-electron chi connectivity index (χ0n) is 23.3. The van der Waals surface area contributed by atoms with E-state index in [1.165, 1.54) is 36.9 Å². The van der Waals surface area contributed by atoms with Crippen molar-refractivity contribution in [2.75, 3.05) is 31.4 Å². The van der Waals surface area contributed by atoms with Gasteiger partial charge in [-0.05, 0) is 38.5 Å². The van der Waals surface area contributed by atoms with E-state index in [1.807, 2.05) is 33.2 Å². The van der Waals surface area contributed by atoms with Crippen LogP contribution >= 0.6 is 11.3 Å². The Hall–Kier alpha value is -4.65. The van der Waals surface area contributed by atoms with Crippen molar-refractivity contribution < 1.29 is 23.4 Å². The van der Waals surface area contributed by atoms with Crippen molar-refractivity contribution in [3.05, 3.63) is 54.2 Å². The molecule has 0 spiro atoms. The van der Waals surface area contributed by atoms with Gasteiger partial charge in [-0.25, -0.2) is 34.1 Å². The first-order valence-corrected chi connectivity index (χ1v) is 13.5. The lowest BCUT2D eigenvalue weighted by Crippen LogP contribution is -2.32. The van der Waals surface area contributed by atoms with Crippen molar-refractivity contribution in [2.45, 2.75) is 33.0 Å². The number of nitrogens with one attached hydrogen (secondary N) is 1. The first-order valence-electron chi connectivity index (χ1n) is 12.7. The van der Waals surface area contributed by atoms with E-state index in [1.54, 1.807) is 31.0 Å². The molecule has 0 aliphatic heterocycles. The van der Waals surface area contributed by atoms with Crippen LogP contribution in [0.15, 0.2) is 42.9 Å². The van der Waals surface area contributed by atoms with Crippen molar-refractivity contribution in [3.8, 4) is 22.2 Å². The summed E-state index contributed by atoms with van der Waals surface area (Å²) >= 11 is 1.39. The Balaban J connectivity index is 1.31. The molecule has 0 aliphatic carbocycles. The zero-order chi connectivity index (χ0) is 29.3. The Morgan fingerprint density at radius 2 is 1.76 bits per heavy atom. The van der Waals surface area contributed by atoms with E-state index in [0.717, 1.165) is 15.8 Å². The Labute approximate surface area is 239 Å². The number of hydrogen-bond acceptors (Lipinski definition) is 11. The molecule has 3 heterocycles. The van der Waals surface area contributed by atoms with Gasteiger partial charge in [0.05, 0.1) is 52.6 Å². The number of thiazole rings is 1. The topological polar surface area (TPSA) is 124 Å². The van der Waals surface area contributed by atoms with E-state index in [-0.39, 0.29) is 5.75 Å². The summed E-state index contributed by atoms with van der Waals surface area (Å²) < 4.78 is 32.3. The summed E-state index contributed by atoms with van der Waals surface area (Å²) in [7, 11) is 5.16. The highest BCUT2D eigenvalue weighted by Crippen LogP contribution is 2.37. The summed E-state index contributed by atoms with van der Waals surface area (Å²) in [6.45, 7) is 5.32. The third kappa shape index (κ3) is 6.09. The van der Waals surface area contributed by atoms with Crippen molar-refractivity contribution in [2.24, 2.45) is 0 Å². The second-order valence-corrected chi connectivity index (χ2v) is 10.6. The van der Waals surface area contributed by atoms with Crippen LogP contribution in [0.25, 0.3) is 31.8 Å². The normalized spacial score (nSPS) is 12.7. The van der Waals surface area contributed by atoms with Crippen molar-refractivity contribution in [1.82, 2.24) is 24.9 Å². The minimum Gasteiger partial charge on any atom is -0.484 e. The van der Waals surface area contributed by atoms with Gasteiger partial charge in [0, 0.05) is 31.8 Å². The molecule has 5 rings (SSSR count). The van der Waals surface area contributed by atoms with Crippen molar-refractivity contribution in [3.63, 3.8) is 0 Å². The van der Waals surface area contributed by atoms with E-state index < -0.39 is 24.1 Å². The number of ether oxygens (including phenoxy) is 3. The van der Waals surface area contributed by atoms with Crippen molar-refractivity contribution in [1.29, 1.82) is 0 Å². The fourth-order valence-electron chi connectivity index (χ4n) is 3.97. The summed E-state index contributed by atoms with van der Waals surface area (Å²) in [5.74, 6) is 0.379. The number of aromatic nitrogens is 5. The lowest BCUT2D eigenvalue weighted by atomic mass is 10.1. The predicted octanol–water partition coefficient (Wildman–Crippen LogP) is 5.62. The van der Waals surface area contributed by atoms with Gasteiger partial charge in [0.2, 0.25) is 11.8 Å². The van der Waals surface area contributed by atoms with Crippen LogP contribution in [0.2, 0.25) is 0 Å². The van der Waals surface area contributed by atoms with Crippen LogP contribution in [0, 0.1) is 12.7 Å². The second kappa shape index (κ2) is 11.5. The summed E-state index contributed by atoms with van der Waals surface area (Å²) in [5.41, 5.74) is 4.00. The van der Waals surface area contributed by atoms with Gasteiger partial charge < -0.3 is 19.1 Å². The van der Waals surface area contributed by atoms with Gasteiger partial charge in [-0.2, -0.15) is 0 Å². The predicted molar refractivity (Wildman–Crippen MR) is 155 cm³/mol. The number of carbonyl (C=O) groups is 1. The van der Waals surface area contributed by atoms with Gasteiger partial charge in [0.15, 0.2) is 11.6 Å². The highest BCUT2D eigenvalue weighted by Gasteiger charge is 2.22. The molecule has 0 saturated carbocycles. The molecule has 0 bridgehead atoms. The minimum atomic E-state index is -0.705. The molecule has 5 aromatic rings. The van der Waals surface area contributed by atoms with Gasteiger partial charge in [0.1, 0.15) is 17.2 Å². The number of carbonyl (C=O) groups excluding carboxylic acids is 1. The number of rotatable bonds is 8. The molecule has 0 aliphatic rings. The first-order chi connectivity index (χ1) is 19.6. The smallest absolute Gasteiger partial charge is 0.412 e. The Kier molecular flexibility index (Phi) is 7.79. The summed E-state index contributed by atoms with van der Waals surface area (Å²) in [5, 5.41) is 3.25. The van der Waals surface area contributed by atoms with E-state index in [4.69, 9.17) is 14.2 Å². The van der Waals surface area contributed by atoms with Crippen LogP contribution < -0.4 is 19.7 Å². The fourth-order valence-corrected chi connectivity index (χ4v) is 4.96. The number of aryl methyl sites for hydroxylation is 1. The standard InChI is InChI=1S/C28H28FN7O4S/c1-14-7-18(25-21(8-14)34-24(38-6)13-30-25)26-35-20-9-19(29)22(10-23(20)41-26)39-15(2)16(3)40-28(37)33-17-11-31-27(32-12-17)36(4)5/h7-13,15-16H,1-6H3,(H,33,37)/t15-,16+/m0/s1. The lowest BCUT2D eigenvalue weighted by Gasteiger charge is -2.22. The highest BCUT2D eigenvalue weighted by atomic mass is 32.1. The number of methoxy groups -OCH3 is 1. The third-order valence-electron chi connectivity index (χ3n) is 6.20. The number of fused-ring (bicyclic) bond motifs is 2. The maximum Gasteiger partial charge on any atom is 0.412 e. The number of halogens is 1. The maximum atomic E-state index is 15.1. The van der Waals surface area contributed by atoms with Crippen LogP contribution in [0.4, 0.5) is 20.8 Å². The van der Waals surface area contributed by atoms with E-state index in [0.29, 0.717) is 39.1 Å². The Bertz CT molecular complexity index is 1730. The quantitative estimate of drug-likeness (QED) is 0.248. The molecule has 0 unspecified atom stereocenters. The van der Waals surface area contributed by atoms with Crippen LogP contribution in [0.5, 0.6) is 11.6 Å². The average molecular weight is 578 g/mol. The largest absolute Gasteiger partial charge is 0.484 e. The molecule has 0 fully saturated rings. The van der Waals surface area contributed by atoms with Crippen LogP contribution in [-0.2, 0) is 4.74 Å². The van der Waals surface area contributed by atoms with E-state index >= 15 is 4.39 Å². The molecule has 2 aromatic carbocycles. The van der Waals surface area contributed by atoms with Gasteiger partial charge >= 0.3 is 6.09 Å². The number of anilines is 2. The van der Waals surface area contributed by atoms with Crippen LogP contribution in [0.3, 0.4) is 0 Å². The molecule has 3 aromatic heterocycles. The van der Waals surface area contributed by atoms with Gasteiger partial charge in [-0.15, -0.1) is 11.3 Å². The molecule has 11 nitrogen and oxygen atoms in total. The van der Waals surface area contributed by atoms with Gasteiger partial charge in [-0.3, -0.25) is 5.32 Å². The first kappa shape index (κ1) is 27.9. The van der Waals surface area contributed by atoms with Crippen LogP contribution in [0.1, 0.15) is 19.4 Å². The fraction of sp³-hybridized carbons (Fsp3) is 0.286. The molecule has 13 heteroatoms. The number of benzene rings is 2. The van der Waals surface area contributed by atoms with E-state index in [9.17, 15) is 4.79 Å². The zero-order valence-corrected chi connectivity index (χ0v) is 24.1. The Morgan fingerprint density at radius 1 is 1.00 bits per heavy atom. The number of amides is 1. The summed E-state index contributed by atoms with van der Waals surface area (Å²) in [4.78, 5) is 36.1. The molecule has 212 valence electrons. The number of hydrogen-bond donors (Lipinski definition) is 1. The molecule has 41 heavy (non-hydrogen) atoms. The molecular formula is C28H28FN7O4S. The highest BCUT2D eigenvalue weighted by molar-refractivity contribution is 7.21. The molecule has 1 N–H and O–H groups in total. The summed E-state index contributed by atoms with van der Waals surface area (Å²) in [6, 6.07) is 6.84. The SMILES string of the molecule is COc1cnc2c(-c3nc4cc(F)c(O[C@@H](C)[C@@H](C)OC(=O)Nc5cnc(N(C)C)nc5)cc4s3)cc(C)cc2n1. The second-order valence-electron chi connectivity index (χ2n) is 9.59. The summed E-state index contributed by atoms with van der Waals surface area (Å²) in [6.07, 6.45) is 2.45. The van der Waals surface area contributed by atoms with Crippen LogP contribution in [-0.4, -0.2) is 64.4 Å². The molecule has 0 radical (unpaired) electrons. The van der Waals surface area contributed by atoms with Crippen molar-refractivity contribution >= 4 is 50.3 Å². The maximum absolute atomic E-state index is 15.1. The number of nitrogens with zero attached hydrogens (tertiary/aromatic N) is 6. The average Bonchev–Trinajstić information content (AvgIpc) is 3.34. The molecule has 2 atom stereocenters. The molecule has 0 saturated heterocycles. The minimum absolute atomic E-state index is 0.0300. The lowest BCUT2D eigenvalue weighted by molar-refractivity contribution is 0.0402. The molecular weight excluding hydrogens is 549 g/mol. The third-order valence-corrected chi connectivity index (χ3v) is 7.25. The van der Waals surface area contributed by atoms with Gasteiger partial charge in [-0.1, -0.05) is 0 Å². The van der Waals surface area contributed by atoms with E-state index in [2.05, 4.69) is 30.2 Å². The molecule has 1 amide bonds. The Morgan fingerprint density at radius 3 is 2.46 bits per heavy atom. The monoisotopic (exact) mass is 577 g/mol. The van der Waals surface area contributed by atoms with Gasteiger partial charge in [0.25, 0.3) is 0 Å².